The first-order chi connectivity index (χ1) is 13.3. The van der Waals surface area contributed by atoms with Crippen molar-refractivity contribution in [3.63, 3.8) is 0 Å². The fraction of sp³-hybridized carbons (Fsp3) is 0.455. The highest BCUT2D eigenvalue weighted by Crippen LogP contribution is 2.27. The van der Waals surface area contributed by atoms with Crippen molar-refractivity contribution in [1.29, 1.82) is 0 Å². The van der Waals surface area contributed by atoms with Gasteiger partial charge in [-0.2, -0.15) is 5.10 Å². The van der Waals surface area contributed by atoms with Crippen molar-refractivity contribution in [2.24, 2.45) is 5.10 Å². The monoisotopic (exact) mass is 385 g/mol. The van der Waals surface area contributed by atoms with Gasteiger partial charge in [0.15, 0.2) is 6.61 Å². The van der Waals surface area contributed by atoms with Crippen LogP contribution < -0.4 is 10.2 Å². The number of hydrazone groups is 1. The molecule has 0 atom stereocenters. The molecule has 28 heavy (non-hydrogen) atoms. The van der Waals surface area contributed by atoms with Crippen molar-refractivity contribution in [2.75, 3.05) is 20.3 Å². The van der Waals surface area contributed by atoms with Gasteiger partial charge in [-0.15, -0.1) is 0 Å². The molecule has 0 aliphatic heterocycles. The first kappa shape index (κ1) is 21.7. The molecule has 2 aromatic rings. The van der Waals surface area contributed by atoms with Crippen LogP contribution in [-0.4, -0.2) is 37.0 Å². The number of nitrogens with zero attached hydrogens (tertiary/aromatic N) is 2. The van der Waals surface area contributed by atoms with E-state index in [2.05, 4.69) is 35.0 Å². The summed E-state index contributed by atoms with van der Waals surface area (Å²) in [6.45, 7) is 11.6. The maximum absolute atomic E-state index is 12.1. The van der Waals surface area contributed by atoms with Crippen LogP contribution in [0.2, 0.25) is 0 Å². The Morgan fingerprint density at radius 3 is 2.68 bits per heavy atom. The molecule has 0 bridgehead atoms. The van der Waals surface area contributed by atoms with E-state index in [0.29, 0.717) is 12.5 Å². The molecule has 1 amide bonds. The van der Waals surface area contributed by atoms with E-state index in [1.54, 1.807) is 13.3 Å². The van der Waals surface area contributed by atoms with Crippen molar-refractivity contribution in [3.05, 3.63) is 52.3 Å². The highest BCUT2D eigenvalue weighted by atomic mass is 16.5. The second kappa shape index (κ2) is 10.1. The minimum absolute atomic E-state index is 0.0760. The van der Waals surface area contributed by atoms with Gasteiger partial charge in [-0.1, -0.05) is 26.0 Å². The van der Waals surface area contributed by atoms with E-state index in [1.165, 1.54) is 0 Å². The number of rotatable bonds is 9. The standard InChI is InChI=1S/C22H31N3O3/c1-15(2)20-8-7-16(3)11-21(20)28-14-22(26)24-23-13-19-12-17(4)25(18(19)5)9-10-27-6/h7-8,11-13,15H,9-10,14H2,1-6H3,(H,24,26). The SMILES string of the molecule is COCCn1c(C)cc(C=NNC(=O)COc2cc(C)ccc2C(C)C)c1C. The van der Waals surface area contributed by atoms with E-state index in [9.17, 15) is 4.79 Å². The summed E-state index contributed by atoms with van der Waals surface area (Å²) in [4.78, 5) is 12.1. The summed E-state index contributed by atoms with van der Waals surface area (Å²) in [5.74, 6) is 0.779. The third kappa shape index (κ3) is 5.70. The number of hydrogen-bond donors (Lipinski definition) is 1. The Bertz CT molecular complexity index is 838. The fourth-order valence-electron chi connectivity index (χ4n) is 3.08. The lowest BCUT2D eigenvalue weighted by molar-refractivity contribution is -0.123. The minimum Gasteiger partial charge on any atom is -0.483 e. The zero-order chi connectivity index (χ0) is 20.7. The molecule has 0 unspecified atom stereocenters. The van der Waals surface area contributed by atoms with Crippen LogP contribution in [0.15, 0.2) is 29.4 Å². The predicted octanol–water partition coefficient (Wildman–Crippen LogP) is 3.71. The second-order valence-electron chi connectivity index (χ2n) is 7.25. The van der Waals surface area contributed by atoms with E-state index in [1.807, 2.05) is 39.0 Å². The summed E-state index contributed by atoms with van der Waals surface area (Å²) >= 11 is 0. The topological polar surface area (TPSA) is 64.8 Å². The molecule has 1 aromatic heterocycles. The molecule has 0 spiro atoms. The van der Waals surface area contributed by atoms with Gasteiger partial charge in [0.05, 0.1) is 12.8 Å². The lowest BCUT2D eigenvalue weighted by Gasteiger charge is -2.14. The van der Waals surface area contributed by atoms with E-state index < -0.39 is 0 Å². The molecule has 0 aliphatic carbocycles. The van der Waals surface area contributed by atoms with Crippen LogP contribution in [0.1, 0.15) is 47.8 Å². The Labute approximate surface area is 167 Å². The zero-order valence-electron chi connectivity index (χ0n) is 17.7. The number of ether oxygens (including phenoxy) is 2. The van der Waals surface area contributed by atoms with Gasteiger partial charge < -0.3 is 14.0 Å². The van der Waals surface area contributed by atoms with Crippen LogP contribution in [-0.2, 0) is 16.1 Å². The van der Waals surface area contributed by atoms with Gasteiger partial charge in [0, 0.05) is 30.6 Å². The summed E-state index contributed by atoms with van der Waals surface area (Å²) in [6, 6.07) is 8.10. The molecule has 1 heterocycles. The van der Waals surface area contributed by atoms with Crippen molar-refractivity contribution >= 4 is 12.1 Å². The molecule has 6 nitrogen and oxygen atoms in total. The Morgan fingerprint density at radius 2 is 2.00 bits per heavy atom. The summed E-state index contributed by atoms with van der Waals surface area (Å²) in [6.07, 6.45) is 1.66. The molecule has 0 saturated heterocycles. The highest BCUT2D eigenvalue weighted by Gasteiger charge is 2.10. The second-order valence-corrected chi connectivity index (χ2v) is 7.25. The number of nitrogens with one attached hydrogen (secondary N) is 1. The van der Waals surface area contributed by atoms with E-state index in [-0.39, 0.29) is 12.5 Å². The fourth-order valence-corrected chi connectivity index (χ4v) is 3.08. The van der Waals surface area contributed by atoms with Crippen LogP contribution in [0, 0.1) is 20.8 Å². The maximum Gasteiger partial charge on any atom is 0.277 e. The Kier molecular flexibility index (Phi) is 7.81. The van der Waals surface area contributed by atoms with Crippen LogP contribution in [0.5, 0.6) is 5.75 Å². The number of carbonyl (C=O) groups excluding carboxylic acids is 1. The summed E-state index contributed by atoms with van der Waals surface area (Å²) in [5, 5.41) is 4.08. The number of methoxy groups -OCH3 is 1. The van der Waals surface area contributed by atoms with Crippen LogP contribution in [0.4, 0.5) is 0 Å². The third-order valence-electron chi connectivity index (χ3n) is 4.67. The summed E-state index contributed by atoms with van der Waals surface area (Å²) < 4.78 is 13.0. The third-order valence-corrected chi connectivity index (χ3v) is 4.67. The van der Waals surface area contributed by atoms with Gasteiger partial charge in [-0.05, 0) is 49.9 Å². The van der Waals surface area contributed by atoms with Gasteiger partial charge in [-0.25, -0.2) is 5.43 Å². The van der Waals surface area contributed by atoms with Gasteiger partial charge in [0.1, 0.15) is 5.75 Å². The normalized spacial score (nSPS) is 11.4. The predicted molar refractivity (Wildman–Crippen MR) is 112 cm³/mol. The molecule has 0 radical (unpaired) electrons. The van der Waals surface area contributed by atoms with E-state index in [4.69, 9.17) is 9.47 Å². The molecule has 152 valence electrons. The quantitative estimate of drug-likeness (QED) is 0.529. The lowest BCUT2D eigenvalue weighted by atomic mass is 10.0. The Morgan fingerprint density at radius 1 is 1.25 bits per heavy atom. The van der Waals surface area contributed by atoms with Crippen LogP contribution in [0.25, 0.3) is 0 Å². The Hall–Kier alpha value is -2.60. The average molecular weight is 386 g/mol. The molecule has 2 rings (SSSR count). The minimum atomic E-state index is -0.291. The number of hydrogen-bond acceptors (Lipinski definition) is 4. The van der Waals surface area contributed by atoms with Crippen molar-refractivity contribution < 1.29 is 14.3 Å². The molecule has 1 aromatic carbocycles. The van der Waals surface area contributed by atoms with Crippen LogP contribution in [0.3, 0.4) is 0 Å². The van der Waals surface area contributed by atoms with Crippen molar-refractivity contribution in [1.82, 2.24) is 9.99 Å². The lowest BCUT2D eigenvalue weighted by Crippen LogP contribution is -2.25. The number of aromatic nitrogens is 1. The van der Waals surface area contributed by atoms with Crippen molar-refractivity contribution in [3.8, 4) is 5.75 Å². The molecule has 1 N–H and O–H groups in total. The van der Waals surface area contributed by atoms with Crippen molar-refractivity contribution in [2.45, 2.75) is 47.1 Å². The average Bonchev–Trinajstić information content (AvgIpc) is 2.91. The highest BCUT2D eigenvalue weighted by molar-refractivity contribution is 5.84. The first-order valence-electron chi connectivity index (χ1n) is 9.54. The molecular formula is C22H31N3O3. The number of carbonyl (C=O) groups is 1. The smallest absolute Gasteiger partial charge is 0.277 e. The van der Waals surface area contributed by atoms with E-state index in [0.717, 1.165) is 40.4 Å². The van der Waals surface area contributed by atoms with E-state index >= 15 is 0 Å². The number of aryl methyl sites for hydroxylation is 2. The molecular weight excluding hydrogens is 354 g/mol. The zero-order valence-corrected chi connectivity index (χ0v) is 17.7. The number of amides is 1. The first-order valence-corrected chi connectivity index (χ1v) is 9.54. The molecule has 0 saturated carbocycles. The van der Waals surface area contributed by atoms with Gasteiger partial charge in [0.25, 0.3) is 5.91 Å². The maximum atomic E-state index is 12.1. The molecule has 0 fully saturated rings. The Balaban J connectivity index is 1.94. The van der Waals surface area contributed by atoms with Gasteiger partial charge >= 0.3 is 0 Å². The number of benzene rings is 1. The van der Waals surface area contributed by atoms with Gasteiger partial charge in [-0.3, -0.25) is 4.79 Å². The van der Waals surface area contributed by atoms with Gasteiger partial charge in [0.2, 0.25) is 0 Å². The van der Waals surface area contributed by atoms with Crippen LogP contribution >= 0.6 is 0 Å². The largest absolute Gasteiger partial charge is 0.483 e. The summed E-state index contributed by atoms with van der Waals surface area (Å²) in [7, 11) is 1.69. The molecule has 0 aliphatic rings. The molecule has 6 heteroatoms. The summed E-state index contributed by atoms with van der Waals surface area (Å²) in [5.41, 5.74) is 7.91.